The van der Waals surface area contributed by atoms with Gasteiger partial charge in [0.15, 0.2) is 0 Å². The van der Waals surface area contributed by atoms with Crippen molar-refractivity contribution in [2.75, 3.05) is 24.3 Å². The fourth-order valence-corrected chi connectivity index (χ4v) is 4.70. The molecule has 8 heteroatoms. The second kappa shape index (κ2) is 9.03. The molecule has 1 aliphatic carbocycles. The minimum atomic E-state index is -3.64. The first-order valence-electron chi connectivity index (χ1n) is 9.54. The van der Waals surface area contributed by atoms with Gasteiger partial charge in [0.25, 0.3) is 0 Å². The highest BCUT2D eigenvalue weighted by Gasteiger charge is 2.24. The number of sulfonamides is 1. The number of ether oxygens (including phenoxy) is 2. The van der Waals surface area contributed by atoms with E-state index in [2.05, 4.69) is 17.0 Å². The van der Waals surface area contributed by atoms with Crippen LogP contribution in [-0.4, -0.2) is 45.4 Å². The summed E-state index contributed by atoms with van der Waals surface area (Å²) in [5.74, 6) is 0.215. The lowest BCUT2D eigenvalue weighted by atomic mass is 9.88. The van der Waals surface area contributed by atoms with Gasteiger partial charge in [-0.05, 0) is 55.9 Å². The average Bonchev–Trinajstić information content (AvgIpc) is 3.11. The zero-order valence-electron chi connectivity index (χ0n) is 15.6. The molecule has 0 radical (unpaired) electrons. The van der Waals surface area contributed by atoms with Gasteiger partial charge < -0.3 is 14.8 Å². The molecule has 1 heterocycles. The summed E-state index contributed by atoms with van der Waals surface area (Å²) in [5.41, 5.74) is 0.539. The number of hydrogen-bond donors (Lipinski definition) is 2. The van der Waals surface area contributed by atoms with E-state index in [0.29, 0.717) is 30.6 Å². The van der Waals surface area contributed by atoms with Gasteiger partial charge >= 0.3 is 0 Å². The number of carbonyl (C=O) groups excluding carboxylic acids is 1. The molecular formula is C19H28N2O5S. The first kappa shape index (κ1) is 20.1. The van der Waals surface area contributed by atoms with Crippen LogP contribution in [0.25, 0.3) is 0 Å². The van der Waals surface area contributed by atoms with Crippen LogP contribution in [0.15, 0.2) is 24.3 Å². The Balaban J connectivity index is 1.46. The minimum absolute atomic E-state index is 0.0597. The molecule has 1 unspecified atom stereocenters. The molecule has 1 amide bonds. The molecular weight excluding hydrogens is 368 g/mol. The van der Waals surface area contributed by atoms with E-state index in [4.69, 9.17) is 9.47 Å². The predicted octanol–water partition coefficient (Wildman–Crippen LogP) is 2.29. The van der Waals surface area contributed by atoms with Crippen LogP contribution in [0.3, 0.4) is 0 Å². The summed E-state index contributed by atoms with van der Waals surface area (Å²) < 4.78 is 38.1. The summed E-state index contributed by atoms with van der Waals surface area (Å²) in [5, 5.41) is 2.62. The topological polar surface area (TPSA) is 93.7 Å². The van der Waals surface area contributed by atoms with Crippen molar-refractivity contribution < 1.29 is 22.7 Å². The van der Waals surface area contributed by atoms with Crippen molar-refractivity contribution in [3.8, 4) is 5.75 Å². The van der Waals surface area contributed by atoms with Crippen molar-refractivity contribution in [1.29, 1.82) is 0 Å². The molecule has 1 saturated carbocycles. The molecule has 1 aliphatic heterocycles. The summed E-state index contributed by atoms with van der Waals surface area (Å²) in [6.07, 6.45) is 4.61. The highest BCUT2D eigenvalue weighted by atomic mass is 32.2. The molecule has 2 aliphatic rings. The average molecular weight is 397 g/mol. The minimum Gasteiger partial charge on any atom is -0.488 e. The van der Waals surface area contributed by atoms with Crippen molar-refractivity contribution in [3.05, 3.63) is 24.3 Å². The molecule has 0 spiro atoms. The SMILES string of the molecule is CC1CCC(NS(=O)(=O)CC(=O)Nc2ccc(OC3CCOC3)cc2)CC1. The Hall–Kier alpha value is -1.64. The van der Waals surface area contributed by atoms with E-state index in [1.165, 1.54) is 0 Å². The Labute approximate surface area is 160 Å². The van der Waals surface area contributed by atoms with Crippen molar-refractivity contribution in [2.45, 2.75) is 51.2 Å². The number of benzene rings is 1. The van der Waals surface area contributed by atoms with Gasteiger partial charge in [0, 0.05) is 18.2 Å². The molecule has 27 heavy (non-hydrogen) atoms. The second-order valence-electron chi connectivity index (χ2n) is 7.51. The van der Waals surface area contributed by atoms with Crippen LogP contribution in [0.2, 0.25) is 0 Å². The third kappa shape index (κ3) is 6.48. The standard InChI is InChI=1S/C19H28N2O5S/c1-14-2-4-16(5-3-14)21-27(23,24)13-19(22)20-15-6-8-17(9-7-15)26-18-10-11-25-12-18/h6-9,14,16,18,21H,2-5,10-13H2,1H3,(H,20,22). The Kier molecular flexibility index (Phi) is 6.73. The summed E-state index contributed by atoms with van der Waals surface area (Å²) in [4.78, 5) is 12.1. The van der Waals surface area contributed by atoms with E-state index in [1.807, 2.05) is 0 Å². The number of carbonyl (C=O) groups is 1. The van der Waals surface area contributed by atoms with Gasteiger partial charge in [0.1, 0.15) is 17.6 Å². The van der Waals surface area contributed by atoms with Gasteiger partial charge in [-0.1, -0.05) is 6.92 Å². The number of anilines is 1. The molecule has 0 bridgehead atoms. The Morgan fingerprint density at radius 3 is 2.48 bits per heavy atom. The third-order valence-electron chi connectivity index (χ3n) is 5.01. The van der Waals surface area contributed by atoms with Crippen molar-refractivity contribution in [1.82, 2.24) is 4.72 Å². The molecule has 2 N–H and O–H groups in total. The Morgan fingerprint density at radius 1 is 1.15 bits per heavy atom. The van der Waals surface area contributed by atoms with Gasteiger partial charge in [0.05, 0.1) is 13.2 Å². The summed E-state index contributed by atoms with van der Waals surface area (Å²) in [6, 6.07) is 6.85. The quantitative estimate of drug-likeness (QED) is 0.738. The lowest BCUT2D eigenvalue weighted by molar-refractivity contribution is -0.113. The molecule has 1 aromatic rings. The zero-order chi connectivity index (χ0) is 19.3. The summed E-state index contributed by atoms with van der Waals surface area (Å²) >= 11 is 0. The van der Waals surface area contributed by atoms with E-state index < -0.39 is 21.7 Å². The molecule has 1 saturated heterocycles. The fraction of sp³-hybridized carbons (Fsp3) is 0.632. The molecule has 0 aromatic heterocycles. The fourth-order valence-electron chi connectivity index (χ4n) is 3.46. The van der Waals surface area contributed by atoms with Crippen molar-refractivity contribution in [2.24, 2.45) is 5.92 Å². The molecule has 150 valence electrons. The third-order valence-corrected chi connectivity index (χ3v) is 6.35. The lowest BCUT2D eigenvalue weighted by Crippen LogP contribution is -2.41. The number of amides is 1. The van der Waals surface area contributed by atoms with Crippen LogP contribution in [0, 0.1) is 5.92 Å². The Bertz CT molecular complexity index is 721. The van der Waals surface area contributed by atoms with Crippen LogP contribution >= 0.6 is 0 Å². The van der Waals surface area contributed by atoms with E-state index in [-0.39, 0.29) is 12.1 Å². The summed E-state index contributed by atoms with van der Waals surface area (Å²) in [6.45, 7) is 3.47. The predicted molar refractivity (Wildman–Crippen MR) is 103 cm³/mol. The second-order valence-corrected chi connectivity index (χ2v) is 9.26. The van der Waals surface area contributed by atoms with Crippen LogP contribution in [0.1, 0.15) is 39.0 Å². The number of hydrogen-bond acceptors (Lipinski definition) is 5. The van der Waals surface area contributed by atoms with Gasteiger partial charge in [-0.2, -0.15) is 0 Å². The van der Waals surface area contributed by atoms with E-state index >= 15 is 0 Å². The smallest absolute Gasteiger partial charge is 0.240 e. The highest BCUT2D eigenvalue weighted by Crippen LogP contribution is 2.24. The maximum absolute atomic E-state index is 12.2. The van der Waals surface area contributed by atoms with Crippen LogP contribution in [0.4, 0.5) is 5.69 Å². The van der Waals surface area contributed by atoms with Gasteiger partial charge in [-0.15, -0.1) is 0 Å². The molecule has 3 rings (SSSR count). The van der Waals surface area contributed by atoms with Crippen LogP contribution in [0.5, 0.6) is 5.75 Å². The van der Waals surface area contributed by atoms with Crippen molar-refractivity contribution >= 4 is 21.6 Å². The van der Waals surface area contributed by atoms with Gasteiger partial charge in [-0.25, -0.2) is 13.1 Å². The van der Waals surface area contributed by atoms with E-state index in [9.17, 15) is 13.2 Å². The van der Waals surface area contributed by atoms with Gasteiger partial charge in [0.2, 0.25) is 15.9 Å². The van der Waals surface area contributed by atoms with E-state index in [1.54, 1.807) is 24.3 Å². The number of rotatable bonds is 7. The molecule has 1 aromatic carbocycles. The Morgan fingerprint density at radius 2 is 1.85 bits per heavy atom. The maximum atomic E-state index is 12.2. The monoisotopic (exact) mass is 396 g/mol. The maximum Gasteiger partial charge on any atom is 0.240 e. The van der Waals surface area contributed by atoms with Gasteiger partial charge in [-0.3, -0.25) is 4.79 Å². The van der Waals surface area contributed by atoms with Crippen LogP contribution < -0.4 is 14.8 Å². The van der Waals surface area contributed by atoms with Crippen molar-refractivity contribution in [3.63, 3.8) is 0 Å². The van der Waals surface area contributed by atoms with E-state index in [0.717, 1.165) is 32.1 Å². The molecule has 2 fully saturated rings. The largest absolute Gasteiger partial charge is 0.488 e. The summed E-state index contributed by atoms with van der Waals surface area (Å²) in [7, 11) is -3.64. The highest BCUT2D eigenvalue weighted by molar-refractivity contribution is 7.90. The first-order chi connectivity index (χ1) is 12.9. The number of nitrogens with one attached hydrogen (secondary N) is 2. The normalized spacial score (nSPS) is 25.9. The molecule has 1 atom stereocenters. The zero-order valence-corrected chi connectivity index (χ0v) is 16.5. The first-order valence-corrected chi connectivity index (χ1v) is 11.2. The van der Waals surface area contributed by atoms with Crippen LogP contribution in [-0.2, 0) is 19.6 Å². The molecule has 7 nitrogen and oxygen atoms in total. The lowest BCUT2D eigenvalue weighted by Gasteiger charge is -2.26.